The molecule has 5 amide bonds. The van der Waals surface area contributed by atoms with Gasteiger partial charge in [0.1, 0.15) is 30.3 Å². The van der Waals surface area contributed by atoms with Crippen LogP contribution < -0.4 is 27.4 Å². The van der Waals surface area contributed by atoms with Gasteiger partial charge in [-0.25, -0.2) is 4.79 Å². The Morgan fingerprint density at radius 3 is 1.81 bits per heavy atom. The quantitative estimate of drug-likeness (QED) is 0.0938. The number of aliphatic hydroxyl groups is 2. The largest absolute Gasteiger partial charge is 0.467 e. The van der Waals surface area contributed by atoms with E-state index in [-0.39, 0.29) is 4.90 Å². The fourth-order valence-corrected chi connectivity index (χ4v) is 4.44. The SMILES string of the molecule is COC(=O)C(C(C)C)N(C(=O)C(N)C(C)C)C(=O)C(F)(F)[C@H](O)[C@H](Cc1ccccc1)NC(=O)[C@H](C)NC(=O)[C@H](C)NC(=O)[C@@H](N)CO. The highest BCUT2D eigenvalue weighted by atomic mass is 19.3. The van der Waals surface area contributed by atoms with E-state index >= 15 is 8.78 Å². The lowest BCUT2D eigenvalue weighted by Crippen LogP contribution is -2.65. The van der Waals surface area contributed by atoms with E-state index in [1.165, 1.54) is 53.7 Å². The maximum atomic E-state index is 16.1. The van der Waals surface area contributed by atoms with Crippen LogP contribution in [0.1, 0.15) is 47.1 Å². The standard InChI is InChI=1S/C31H48F2N6O9/c1-15(2)22(35)28(45)39(23(16(3)4)29(46)48-7)30(47)31(32,33)24(41)21(13-19-11-9-8-10-12-19)38-26(43)18(6)36-25(42)17(5)37-27(44)20(34)14-40/h8-12,15-18,20-24,40-41H,13-14,34-35H2,1-7H3,(H,36,42)(H,37,44)(H,38,43)/t17-,18-,20-,21-,22?,23?,24+/m0/s1. The number of halogens is 2. The Balaban J connectivity index is 3.47. The van der Waals surface area contributed by atoms with E-state index in [0.717, 1.165) is 7.11 Å². The van der Waals surface area contributed by atoms with Crippen LogP contribution in [-0.4, -0.2) is 113 Å². The molecule has 0 heterocycles. The van der Waals surface area contributed by atoms with Crippen molar-refractivity contribution < 1.29 is 52.5 Å². The lowest BCUT2D eigenvalue weighted by atomic mass is 9.93. The number of ether oxygens (including phenoxy) is 1. The average Bonchev–Trinajstić information content (AvgIpc) is 3.04. The number of nitrogens with one attached hydrogen (secondary N) is 3. The van der Waals surface area contributed by atoms with E-state index in [1.54, 1.807) is 18.2 Å². The van der Waals surface area contributed by atoms with Gasteiger partial charge in [0.05, 0.1) is 25.8 Å². The van der Waals surface area contributed by atoms with Gasteiger partial charge in [0, 0.05) is 0 Å². The molecular weight excluding hydrogens is 638 g/mol. The summed E-state index contributed by atoms with van der Waals surface area (Å²) in [6, 6.07) is -1.32. The van der Waals surface area contributed by atoms with Gasteiger partial charge in [-0.05, 0) is 37.7 Å². The van der Waals surface area contributed by atoms with Crippen molar-refractivity contribution in [1.82, 2.24) is 20.9 Å². The number of esters is 1. The molecule has 0 aliphatic heterocycles. The third-order valence-electron chi connectivity index (χ3n) is 7.51. The predicted molar refractivity (Wildman–Crippen MR) is 169 cm³/mol. The Hall–Kier alpha value is -4.06. The number of aliphatic hydroxyl groups excluding tert-OH is 2. The topological polar surface area (TPSA) is 243 Å². The first-order chi connectivity index (χ1) is 22.2. The van der Waals surface area contributed by atoms with Crippen LogP contribution in [0, 0.1) is 11.8 Å². The Morgan fingerprint density at radius 2 is 1.35 bits per heavy atom. The van der Waals surface area contributed by atoms with Crippen molar-refractivity contribution in [3.05, 3.63) is 35.9 Å². The van der Waals surface area contributed by atoms with Crippen LogP contribution in [0.3, 0.4) is 0 Å². The monoisotopic (exact) mass is 686 g/mol. The number of alkyl halides is 2. The summed E-state index contributed by atoms with van der Waals surface area (Å²) < 4.78 is 37.0. The van der Waals surface area contributed by atoms with E-state index < -0.39 is 109 Å². The lowest BCUT2D eigenvalue weighted by Gasteiger charge is -2.37. The number of carbonyl (C=O) groups is 6. The summed E-state index contributed by atoms with van der Waals surface area (Å²) in [5.74, 6) is -13.8. The zero-order valence-electron chi connectivity index (χ0n) is 28.1. The van der Waals surface area contributed by atoms with Crippen LogP contribution >= 0.6 is 0 Å². The third kappa shape index (κ3) is 11.0. The predicted octanol–water partition coefficient (Wildman–Crippen LogP) is -1.42. The molecule has 2 unspecified atom stereocenters. The first-order valence-electron chi connectivity index (χ1n) is 15.3. The van der Waals surface area contributed by atoms with Crippen LogP contribution in [0.2, 0.25) is 0 Å². The summed E-state index contributed by atoms with van der Waals surface area (Å²) in [7, 11) is 0.949. The van der Waals surface area contributed by atoms with Crippen LogP contribution in [0.4, 0.5) is 8.78 Å². The Morgan fingerprint density at radius 1 is 0.854 bits per heavy atom. The summed E-state index contributed by atoms with van der Waals surface area (Å²) in [4.78, 5) is 77.3. The molecule has 0 bridgehead atoms. The molecule has 1 rings (SSSR count). The molecule has 48 heavy (non-hydrogen) atoms. The van der Waals surface area contributed by atoms with Crippen molar-refractivity contribution in [2.24, 2.45) is 23.3 Å². The molecule has 17 heteroatoms. The van der Waals surface area contributed by atoms with Crippen LogP contribution in [0.25, 0.3) is 0 Å². The van der Waals surface area contributed by atoms with E-state index in [2.05, 4.69) is 16.0 Å². The second kappa shape index (κ2) is 18.5. The molecule has 0 saturated heterocycles. The summed E-state index contributed by atoms with van der Waals surface area (Å²) in [5.41, 5.74) is 11.7. The van der Waals surface area contributed by atoms with Gasteiger partial charge in [0.2, 0.25) is 23.6 Å². The minimum atomic E-state index is -4.78. The smallest absolute Gasteiger partial charge is 0.352 e. The summed E-state index contributed by atoms with van der Waals surface area (Å²) in [5, 5.41) is 26.9. The number of benzene rings is 1. The van der Waals surface area contributed by atoms with Crippen LogP contribution in [-0.2, 0) is 39.9 Å². The minimum Gasteiger partial charge on any atom is -0.467 e. The molecular formula is C31H48F2N6O9. The van der Waals surface area contributed by atoms with Gasteiger partial charge in [0.15, 0.2) is 0 Å². The Bertz CT molecular complexity index is 1280. The number of nitrogens with zero attached hydrogens (tertiary/aromatic N) is 1. The van der Waals surface area contributed by atoms with Crippen molar-refractivity contribution in [3.8, 4) is 0 Å². The molecule has 1 aromatic carbocycles. The number of nitrogens with two attached hydrogens (primary N) is 2. The van der Waals surface area contributed by atoms with Gasteiger partial charge in [-0.3, -0.25) is 28.9 Å². The first kappa shape index (κ1) is 42.0. The van der Waals surface area contributed by atoms with Gasteiger partial charge in [-0.1, -0.05) is 58.0 Å². The molecule has 1 aromatic rings. The van der Waals surface area contributed by atoms with Crippen molar-refractivity contribution in [2.45, 2.75) is 96.2 Å². The number of imide groups is 1. The molecule has 0 saturated carbocycles. The number of hydrogen-bond donors (Lipinski definition) is 7. The summed E-state index contributed by atoms with van der Waals surface area (Å²) in [6.45, 7) is 7.59. The highest BCUT2D eigenvalue weighted by molar-refractivity contribution is 6.04. The second-order valence-corrected chi connectivity index (χ2v) is 12.1. The number of hydrogen-bond acceptors (Lipinski definition) is 11. The Labute approximate surface area is 278 Å². The number of methoxy groups -OCH3 is 1. The van der Waals surface area contributed by atoms with Crippen LogP contribution in [0.15, 0.2) is 30.3 Å². The molecule has 9 N–H and O–H groups in total. The van der Waals surface area contributed by atoms with Crippen molar-refractivity contribution in [2.75, 3.05) is 13.7 Å². The molecule has 270 valence electrons. The summed E-state index contributed by atoms with van der Waals surface area (Å²) in [6.07, 6.45) is -3.40. The minimum absolute atomic E-state index is 0.0208. The maximum absolute atomic E-state index is 16.1. The number of amides is 5. The molecule has 0 aromatic heterocycles. The lowest BCUT2D eigenvalue weighted by molar-refractivity contribution is -0.188. The van der Waals surface area contributed by atoms with Gasteiger partial charge in [-0.15, -0.1) is 0 Å². The van der Waals surface area contributed by atoms with E-state index in [1.807, 2.05) is 0 Å². The number of carbonyl (C=O) groups excluding carboxylic acids is 6. The molecule has 7 atom stereocenters. The zero-order valence-corrected chi connectivity index (χ0v) is 28.1. The molecule has 0 spiro atoms. The molecule has 0 aliphatic carbocycles. The molecule has 0 aliphatic rings. The molecule has 15 nitrogen and oxygen atoms in total. The van der Waals surface area contributed by atoms with Crippen molar-refractivity contribution >= 4 is 35.5 Å². The fraction of sp³-hybridized carbons (Fsp3) is 0.613. The van der Waals surface area contributed by atoms with Gasteiger partial charge < -0.3 is 42.4 Å². The van der Waals surface area contributed by atoms with E-state index in [0.29, 0.717) is 5.56 Å². The first-order valence-corrected chi connectivity index (χ1v) is 15.3. The van der Waals surface area contributed by atoms with Crippen molar-refractivity contribution in [1.29, 1.82) is 0 Å². The Kier molecular flexibility index (Phi) is 16.2. The van der Waals surface area contributed by atoms with E-state index in [4.69, 9.17) is 21.3 Å². The van der Waals surface area contributed by atoms with Gasteiger partial charge in [0.25, 0.3) is 0 Å². The van der Waals surface area contributed by atoms with E-state index in [9.17, 15) is 33.9 Å². The fourth-order valence-electron chi connectivity index (χ4n) is 4.44. The normalized spacial score (nSPS) is 16.1. The van der Waals surface area contributed by atoms with Gasteiger partial charge in [-0.2, -0.15) is 8.78 Å². The summed E-state index contributed by atoms with van der Waals surface area (Å²) >= 11 is 0. The van der Waals surface area contributed by atoms with Crippen molar-refractivity contribution in [3.63, 3.8) is 0 Å². The highest BCUT2D eigenvalue weighted by Crippen LogP contribution is 2.29. The number of rotatable bonds is 17. The average molecular weight is 687 g/mol. The third-order valence-corrected chi connectivity index (χ3v) is 7.51. The maximum Gasteiger partial charge on any atom is 0.352 e. The highest BCUT2D eigenvalue weighted by Gasteiger charge is 2.56. The van der Waals surface area contributed by atoms with Crippen LogP contribution in [0.5, 0.6) is 0 Å². The molecule has 0 radical (unpaired) electrons. The van der Waals surface area contributed by atoms with Gasteiger partial charge >= 0.3 is 17.8 Å². The molecule has 0 fully saturated rings. The zero-order chi connectivity index (χ0) is 37.1. The second-order valence-electron chi connectivity index (χ2n) is 12.1.